The third-order valence-corrected chi connectivity index (χ3v) is 3.54. The summed E-state index contributed by atoms with van der Waals surface area (Å²) in [7, 11) is 0. The summed E-state index contributed by atoms with van der Waals surface area (Å²) >= 11 is 0. The van der Waals surface area contributed by atoms with Gasteiger partial charge in [-0.05, 0) is 51.9 Å². The molecular formula is C11H22N2O. The third-order valence-electron chi connectivity index (χ3n) is 3.54. The van der Waals surface area contributed by atoms with Crippen LogP contribution in [-0.4, -0.2) is 60.3 Å². The molecule has 2 heterocycles. The maximum Gasteiger partial charge on any atom is 0.0599 e. The third kappa shape index (κ3) is 2.47. The fraction of sp³-hybridized carbons (Fsp3) is 1.00. The molecule has 2 fully saturated rings. The zero-order valence-corrected chi connectivity index (χ0v) is 8.99. The van der Waals surface area contributed by atoms with Gasteiger partial charge in [-0.3, -0.25) is 4.90 Å². The summed E-state index contributed by atoms with van der Waals surface area (Å²) in [5.74, 6) is 0. The van der Waals surface area contributed by atoms with Gasteiger partial charge in [0.05, 0.1) is 6.61 Å². The fourth-order valence-electron chi connectivity index (χ4n) is 2.66. The van der Waals surface area contributed by atoms with Crippen LogP contribution in [0.15, 0.2) is 0 Å². The summed E-state index contributed by atoms with van der Waals surface area (Å²) in [6.45, 7) is 6.28. The second kappa shape index (κ2) is 5.10. The Bertz CT molecular complexity index is 163. The van der Waals surface area contributed by atoms with Crippen LogP contribution in [0.25, 0.3) is 0 Å². The second-order valence-corrected chi connectivity index (χ2v) is 4.59. The highest BCUT2D eigenvalue weighted by atomic mass is 16.3. The molecule has 0 spiro atoms. The monoisotopic (exact) mass is 198 g/mol. The zero-order valence-electron chi connectivity index (χ0n) is 8.99. The number of hydrogen-bond donors (Lipinski definition) is 1. The van der Waals surface area contributed by atoms with Crippen LogP contribution in [0.5, 0.6) is 0 Å². The van der Waals surface area contributed by atoms with E-state index < -0.39 is 0 Å². The predicted molar refractivity (Wildman–Crippen MR) is 57.4 cm³/mol. The molecule has 0 saturated carbocycles. The van der Waals surface area contributed by atoms with E-state index in [1.165, 1.54) is 51.9 Å². The molecule has 0 bridgehead atoms. The Morgan fingerprint density at radius 2 is 1.50 bits per heavy atom. The van der Waals surface area contributed by atoms with Gasteiger partial charge in [0.15, 0.2) is 0 Å². The highest BCUT2D eigenvalue weighted by molar-refractivity contribution is 4.80. The predicted octanol–water partition coefficient (Wildman–Crippen LogP) is 0.539. The number of aliphatic hydroxyl groups is 1. The van der Waals surface area contributed by atoms with Crippen LogP contribution in [0.3, 0.4) is 0 Å². The van der Waals surface area contributed by atoms with E-state index in [0.717, 1.165) is 6.54 Å². The number of aliphatic hydroxyl groups excluding tert-OH is 1. The number of rotatable bonds is 4. The van der Waals surface area contributed by atoms with Crippen molar-refractivity contribution >= 4 is 0 Å². The number of hydrogen-bond acceptors (Lipinski definition) is 3. The van der Waals surface area contributed by atoms with Crippen LogP contribution in [0, 0.1) is 0 Å². The summed E-state index contributed by atoms with van der Waals surface area (Å²) in [5, 5.41) is 9.38. The lowest BCUT2D eigenvalue weighted by atomic mass is 10.2. The maximum atomic E-state index is 9.38. The molecule has 1 atom stereocenters. The van der Waals surface area contributed by atoms with Crippen LogP contribution in [-0.2, 0) is 0 Å². The highest BCUT2D eigenvalue weighted by Gasteiger charge is 2.24. The van der Waals surface area contributed by atoms with Crippen LogP contribution < -0.4 is 0 Å². The van der Waals surface area contributed by atoms with E-state index in [2.05, 4.69) is 9.80 Å². The molecular weight excluding hydrogens is 176 g/mol. The maximum absolute atomic E-state index is 9.38. The van der Waals surface area contributed by atoms with Crippen molar-refractivity contribution in [3.63, 3.8) is 0 Å². The quantitative estimate of drug-likeness (QED) is 0.714. The topological polar surface area (TPSA) is 26.7 Å². The van der Waals surface area contributed by atoms with Crippen molar-refractivity contribution in [1.29, 1.82) is 0 Å². The number of nitrogens with zero attached hydrogens (tertiary/aromatic N) is 2. The molecule has 82 valence electrons. The van der Waals surface area contributed by atoms with Crippen molar-refractivity contribution < 1.29 is 5.11 Å². The molecule has 0 amide bonds. The molecule has 1 unspecified atom stereocenters. The lowest BCUT2D eigenvalue weighted by Gasteiger charge is -2.29. The highest BCUT2D eigenvalue weighted by Crippen LogP contribution is 2.15. The molecule has 1 N–H and O–H groups in total. The van der Waals surface area contributed by atoms with Gasteiger partial charge in [0.2, 0.25) is 0 Å². The van der Waals surface area contributed by atoms with Crippen molar-refractivity contribution in [3.05, 3.63) is 0 Å². The van der Waals surface area contributed by atoms with Gasteiger partial charge in [0, 0.05) is 12.6 Å². The summed E-state index contributed by atoms with van der Waals surface area (Å²) in [6.07, 6.45) is 5.32. The van der Waals surface area contributed by atoms with Gasteiger partial charge < -0.3 is 10.0 Å². The van der Waals surface area contributed by atoms with Gasteiger partial charge in [-0.1, -0.05) is 0 Å². The minimum absolute atomic E-state index is 0.330. The van der Waals surface area contributed by atoms with Gasteiger partial charge in [-0.15, -0.1) is 0 Å². The van der Waals surface area contributed by atoms with E-state index in [4.69, 9.17) is 0 Å². The van der Waals surface area contributed by atoms with Gasteiger partial charge in [0.25, 0.3) is 0 Å². The first-order valence-electron chi connectivity index (χ1n) is 5.97. The Labute approximate surface area is 86.7 Å². The number of likely N-dealkylation sites (tertiary alicyclic amines) is 2. The molecule has 2 aliphatic rings. The minimum Gasteiger partial charge on any atom is -0.395 e. The molecule has 2 rings (SSSR count). The average Bonchev–Trinajstić information content (AvgIpc) is 2.86. The lowest BCUT2D eigenvalue weighted by molar-refractivity contribution is 0.113. The molecule has 14 heavy (non-hydrogen) atoms. The van der Waals surface area contributed by atoms with Gasteiger partial charge in [-0.25, -0.2) is 0 Å². The van der Waals surface area contributed by atoms with Crippen LogP contribution in [0.1, 0.15) is 25.7 Å². The van der Waals surface area contributed by atoms with Crippen molar-refractivity contribution in [3.8, 4) is 0 Å². The van der Waals surface area contributed by atoms with Crippen LogP contribution >= 0.6 is 0 Å². The Balaban J connectivity index is 1.79. The second-order valence-electron chi connectivity index (χ2n) is 4.59. The SMILES string of the molecule is OCC(CN1CCCC1)N1CCCC1. The summed E-state index contributed by atoms with van der Waals surface area (Å²) in [4.78, 5) is 4.96. The Kier molecular flexibility index (Phi) is 3.79. The molecule has 0 radical (unpaired) electrons. The molecule has 0 aromatic rings. The van der Waals surface area contributed by atoms with E-state index in [1.807, 2.05) is 0 Å². The van der Waals surface area contributed by atoms with Crippen LogP contribution in [0.4, 0.5) is 0 Å². The van der Waals surface area contributed by atoms with Crippen molar-refractivity contribution in [2.45, 2.75) is 31.7 Å². The van der Waals surface area contributed by atoms with E-state index in [-0.39, 0.29) is 0 Å². The first kappa shape index (κ1) is 10.4. The van der Waals surface area contributed by atoms with Crippen molar-refractivity contribution in [1.82, 2.24) is 9.80 Å². The average molecular weight is 198 g/mol. The van der Waals surface area contributed by atoms with E-state index >= 15 is 0 Å². The van der Waals surface area contributed by atoms with Gasteiger partial charge in [-0.2, -0.15) is 0 Å². The molecule has 3 heteroatoms. The standard InChI is InChI=1S/C11H22N2O/c14-10-11(13-7-3-4-8-13)9-12-5-1-2-6-12/h11,14H,1-10H2. The fourth-order valence-corrected chi connectivity index (χ4v) is 2.66. The first-order chi connectivity index (χ1) is 6.90. The Morgan fingerprint density at radius 3 is 2.07 bits per heavy atom. The van der Waals surface area contributed by atoms with Crippen molar-refractivity contribution in [2.24, 2.45) is 0 Å². The summed E-state index contributed by atoms with van der Waals surface area (Å²) in [6, 6.07) is 0.399. The molecule has 3 nitrogen and oxygen atoms in total. The van der Waals surface area contributed by atoms with Gasteiger partial charge in [0.1, 0.15) is 0 Å². The normalized spacial score (nSPS) is 27.2. The van der Waals surface area contributed by atoms with Gasteiger partial charge >= 0.3 is 0 Å². The van der Waals surface area contributed by atoms with Crippen molar-refractivity contribution in [2.75, 3.05) is 39.3 Å². The Hall–Kier alpha value is -0.120. The zero-order chi connectivity index (χ0) is 9.80. The summed E-state index contributed by atoms with van der Waals surface area (Å²) in [5.41, 5.74) is 0. The van der Waals surface area contributed by atoms with E-state index in [9.17, 15) is 5.11 Å². The largest absolute Gasteiger partial charge is 0.395 e. The first-order valence-corrected chi connectivity index (χ1v) is 5.97. The van der Waals surface area contributed by atoms with Crippen LogP contribution in [0.2, 0.25) is 0 Å². The molecule has 2 saturated heterocycles. The van der Waals surface area contributed by atoms with E-state index in [0.29, 0.717) is 12.6 Å². The van der Waals surface area contributed by atoms with E-state index in [1.54, 1.807) is 0 Å². The minimum atomic E-state index is 0.330. The Morgan fingerprint density at radius 1 is 0.929 bits per heavy atom. The molecule has 0 aromatic carbocycles. The molecule has 0 aliphatic carbocycles. The molecule has 2 aliphatic heterocycles. The smallest absolute Gasteiger partial charge is 0.0599 e. The summed E-state index contributed by atoms with van der Waals surface area (Å²) < 4.78 is 0. The molecule has 0 aromatic heterocycles. The lowest BCUT2D eigenvalue weighted by Crippen LogP contribution is -2.44.